The lowest BCUT2D eigenvalue weighted by Gasteiger charge is -2.63. The first kappa shape index (κ1) is 22.9. The zero-order valence-electron chi connectivity index (χ0n) is 18.7. The fourth-order valence-corrected chi connectivity index (χ4v) is 11.2. The summed E-state index contributed by atoms with van der Waals surface area (Å²) in [6.07, 6.45) is 6.44. The van der Waals surface area contributed by atoms with Crippen molar-refractivity contribution >= 4 is 29.3 Å². The second-order valence-electron chi connectivity index (χ2n) is 9.76. The van der Waals surface area contributed by atoms with Crippen LogP contribution in [-0.2, 0) is 9.53 Å². The molecule has 0 saturated heterocycles. The Morgan fingerprint density at radius 2 is 1.90 bits per heavy atom. The molecule has 3 fully saturated rings. The van der Waals surface area contributed by atoms with E-state index in [9.17, 15) is 9.90 Å². The van der Waals surface area contributed by atoms with Crippen LogP contribution >= 0.6 is 23.5 Å². The highest BCUT2D eigenvalue weighted by Crippen LogP contribution is 2.74. The summed E-state index contributed by atoms with van der Waals surface area (Å²) >= 11 is 3.85. The smallest absolute Gasteiger partial charge is 0.178 e. The second-order valence-corrected chi connectivity index (χ2v) is 13.0. The highest BCUT2D eigenvalue weighted by molar-refractivity contribution is 8.18. The Bertz CT molecular complexity index is 776. The summed E-state index contributed by atoms with van der Waals surface area (Å²) < 4.78 is 23.1. The van der Waals surface area contributed by atoms with Gasteiger partial charge in [0.2, 0.25) is 0 Å². The highest BCUT2D eigenvalue weighted by atomic mass is 32.2. The molecule has 0 aliphatic heterocycles. The van der Waals surface area contributed by atoms with Gasteiger partial charge in [0, 0.05) is 18.4 Å². The van der Waals surface area contributed by atoms with Gasteiger partial charge in [-0.3, -0.25) is 4.79 Å². The van der Waals surface area contributed by atoms with E-state index in [0.29, 0.717) is 19.3 Å². The number of methoxy groups -OCH3 is 1. The van der Waals surface area contributed by atoms with Crippen molar-refractivity contribution in [3.63, 3.8) is 0 Å². The average molecular weight is 455 g/mol. The summed E-state index contributed by atoms with van der Waals surface area (Å²) in [4.78, 5) is 12.0. The Labute approximate surface area is 188 Å². The lowest BCUT2D eigenvalue weighted by molar-refractivity contribution is -0.189. The van der Waals surface area contributed by atoms with Crippen molar-refractivity contribution in [1.29, 1.82) is 0 Å². The van der Waals surface area contributed by atoms with Gasteiger partial charge in [-0.2, -0.15) is 0 Å². The number of allylic oxidation sites excluding steroid dienone is 4. The molecule has 0 aromatic heterocycles. The first-order chi connectivity index (χ1) is 14.1. The number of carbonyl (C=O) groups excluding carboxylic acids is 1. The summed E-state index contributed by atoms with van der Waals surface area (Å²) in [5.74, 6) is 1.75. The predicted octanol–water partition coefficient (Wildman–Crippen LogP) is 5.18. The molecule has 1 N–H and O–H groups in total. The summed E-state index contributed by atoms with van der Waals surface area (Å²) in [6, 6.07) is 0. The van der Waals surface area contributed by atoms with E-state index < -0.39 is 17.2 Å². The molecule has 4 aliphatic rings. The van der Waals surface area contributed by atoms with Crippen molar-refractivity contribution in [2.45, 2.75) is 75.3 Å². The number of thioether (sulfide) groups is 2. The molecule has 6 heteroatoms. The number of hydrogen-bond acceptors (Lipinski definition) is 5. The Balaban J connectivity index is 1.83. The van der Waals surface area contributed by atoms with Crippen LogP contribution in [0, 0.1) is 22.7 Å². The van der Waals surface area contributed by atoms with Gasteiger partial charge >= 0.3 is 0 Å². The van der Waals surface area contributed by atoms with Crippen molar-refractivity contribution in [3.05, 3.63) is 23.8 Å². The van der Waals surface area contributed by atoms with Gasteiger partial charge < -0.3 is 9.84 Å². The normalized spacial score (nSPS) is 46.8. The van der Waals surface area contributed by atoms with Gasteiger partial charge in [-0.25, -0.2) is 4.39 Å². The molecular weight excluding hydrogens is 419 g/mol. The van der Waals surface area contributed by atoms with Gasteiger partial charge in [-0.1, -0.05) is 32.4 Å². The van der Waals surface area contributed by atoms with E-state index in [4.69, 9.17) is 4.74 Å². The Morgan fingerprint density at radius 1 is 1.23 bits per heavy atom. The zero-order chi connectivity index (χ0) is 21.9. The molecule has 1 unspecified atom stereocenters. The lowest BCUT2D eigenvalue weighted by atomic mass is 9.46. The predicted molar refractivity (Wildman–Crippen MR) is 124 cm³/mol. The van der Waals surface area contributed by atoms with Gasteiger partial charge in [-0.05, 0) is 67.6 Å². The van der Waals surface area contributed by atoms with E-state index in [1.54, 1.807) is 19.3 Å². The third-order valence-electron chi connectivity index (χ3n) is 8.72. The van der Waals surface area contributed by atoms with Crippen molar-refractivity contribution in [1.82, 2.24) is 0 Å². The quantitative estimate of drug-likeness (QED) is 0.580. The number of ether oxygens (including phenoxy) is 1. The van der Waals surface area contributed by atoms with Crippen LogP contribution in [0.3, 0.4) is 0 Å². The average Bonchev–Trinajstić information content (AvgIpc) is 2.92. The number of alkyl halides is 1. The van der Waals surface area contributed by atoms with E-state index >= 15 is 4.39 Å². The number of aliphatic hydroxyl groups excluding tert-OH is 1. The van der Waals surface area contributed by atoms with Crippen LogP contribution in [0.2, 0.25) is 0 Å². The van der Waals surface area contributed by atoms with Crippen molar-refractivity contribution in [2.75, 3.05) is 18.6 Å². The number of fused-ring (bicyclic) bond motifs is 5. The minimum absolute atomic E-state index is 0.0326. The molecule has 30 heavy (non-hydrogen) atoms. The van der Waals surface area contributed by atoms with Gasteiger partial charge in [0.1, 0.15) is 0 Å². The third kappa shape index (κ3) is 2.69. The van der Waals surface area contributed by atoms with Crippen LogP contribution < -0.4 is 0 Å². The molecule has 0 aromatic rings. The van der Waals surface area contributed by atoms with E-state index in [1.165, 1.54) is 6.08 Å². The van der Waals surface area contributed by atoms with E-state index in [2.05, 4.69) is 20.8 Å². The minimum Gasteiger partial charge on any atom is -0.390 e. The Hall–Kier alpha value is -0.300. The topological polar surface area (TPSA) is 46.5 Å². The van der Waals surface area contributed by atoms with Crippen LogP contribution in [0.4, 0.5) is 4.39 Å². The number of carbonyl (C=O) groups is 1. The molecule has 3 saturated carbocycles. The van der Waals surface area contributed by atoms with Gasteiger partial charge in [0.25, 0.3) is 0 Å². The summed E-state index contributed by atoms with van der Waals surface area (Å²) in [7, 11) is 1.78. The van der Waals surface area contributed by atoms with E-state index in [0.717, 1.165) is 23.5 Å². The summed E-state index contributed by atoms with van der Waals surface area (Å²) in [5, 5.41) is 11.5. The third-order valence-corrected chi connectivity index (χ3v) is 12.3. The maximum atomic E-state index is 17.2. The second kappa shape index (κ2) is 7.64. The molecule has 3 nitrogen and oxygen atoms in total. The van der Waals surface area contributed by atoms with Gasteiger partial charge in [-0.15, -0.1) is 23.5 Å². The molecule has 0 spiro atoms. The minimum atomic E-state index is -1.76. The fourth-order valence-electron chi connectivity index (χ4n) is 7.39. The maximum absolute atomic E-state index is 17.2. The number of halogens is 1. The van der Waals surface area contributed by atoms with Crippen LogP contribution in [0.15, 0.2) is 23.8 Å². The first-order valence-electron chi connectivity index (χ1n) is 11.3. The largest absolute Gasteiger partial charge is 0.390 e. The first-order valence-corrected chi connectivity index (χ1v) is 13.2. The molecule has 0 amide bonds. The molecule has 4 aliphatic carbocycles. The van der Waals surface area contributed by atoms with Crippen LogP contribution in [-0.4, -0.2) is 51.5 Å². The molecule has 0 heterocycles. The maximum Gasteiger partial charge on any atom is 0.178 e. The lowest BCUT2D eigenvalue weighted by Crippen LogP contribution is -2.67. The van der Waals surface area contributed by atoms with Crippen LogP contribution in [0.1, 0.15) is 53.4 Å². The SMILES string of the molecule is CCSC1(SCC)[C@H](OC)C[C@H]2[C@@H]3CCC4=CC(=O)C=C[C@]4(C)C3(F)[C@@H](O)C[C@@]21C. The molecular formula is C24H35FO3S2. The standard InChI is InChI=1S/C24H35FO3S2/c1-6-29-24(30-7-2)20(28-5)13-18-17-9-8-15-12-16(26)10-11-21(15,3)23(17,25)19(27)14-22(18,24)4/h10-12,17-20,27H,6-9,13-14H2,1-5H3/t17-,18-,19-,20+,21-,22-,23?/m0/s1. The summed E-state index contributed by atoms with van der Waals surface area (Å²) in [5.41, 5.74) is -2.07. The van der Waals surface area contributed by atoms with E-state index in [1.807, 2.05) is 30.4 Å². The molecule has 4 rings (SSSR count). The number of hydrogen-bond donors (Lipinski definition) is 1. The fraction of sp³-hybridized carbons (Fsp3) is 0.792. The van der Waals surface area contributed by atoms with Crippen LogP contribution in [0.25, 0.3) is 0 Å². The number of rotatable bonds is 5. The van der Waals surface area contributed by atoms with Crippen LogP contribution in [0.5, 0.6) is 0 Å². The molecule has 0 bridgehead atoms. The summed E-state index contributed by atoms with van der Waals surface area (Å²) in [6.45, 7) is 8.51. The zero-order valence-corrected chi connectivity index (χ0v) is 20.4. The van der Waals surface area contributed by atoms with Gasteiger partial charge in [0.15, 0.2) is 11.5 Å². The Kier molecular flexibility index (Phi) is 5.82. The monoisotopic (exact) mass is 454 g/mol. The van der Waals surface area contributed by atoms with E-state index in [-0.39, 0.29) is 33.2 Å². The van der Waals surface area contributed by atoms with Crippen molar-refractivity contribution < 1.29 is 19.0 Å². The molecule has 0 aromatic carbocycles. The van der Waals surface area contributed by atoms with Gasteiger partial charge in [0.05, 0.1) is 16.3 Å². The van der Waals surface area contributed by atoms with Crippen molar-refractivity contribution in [2.24, 2.45) is 22.7 Å². The molecule has 0 radical (unpaired) electrons. The highest BCUT2D eigenvalue weighted by Gasteiger charge is 2.75. The number of ketones is 1. The van der Waals surface area contributed by atoms with Crippen molar-refractivity contribution in [3.8, 4) is 0 Å². The number of aliphatic hydroxyl groups is 1. The molecule has 168 valence electrons. The Morgan fingerprint density at radius 3 is 2.50 bits per heavy atom. The molecule has 7 atom stereocenters.